The van der Waals surface area contributed by atoms with Crippen LogP contribution in [0.3, 0.4) is 0 Å². The van der Waals surface area contributed by atoms with Gasteiger partial charge in [-0.1, -0.05) is 0 Å². The first-order valence-electron chi connectivity index (χ1n) is 5.38. The van der Waals surface area contributed by atoms with E-state index in [0.29, 0.717) is 0 Å². The van der Waals surface area contributed by atoms with E-state index in [2.05, 4.69) is 34.5 Å². The molecule has 0 radical (unpaired) electrons. The Morgan fingerprint density at radius 1 is 0.588 bits per heavy atom. The van der Waals surface area contributed by atoms with Gasteiger partial charge in [0, 0.05) is 0 Å². The van der Waals surface area contributed by atoms with Crippen LogP contribution in [0.5, 0.6) is 0 Å². The Morgan fingerprint density at radius 2 is 1.00 bits per heavy atom. The Balaban J connectivity index is 1.99. The summed E-state index contributed by atoms with van der Waals surface area (Å²) in [5.41, 5.74) is 2.37. The van der Waals surface area contributed by atoms with Gasteiger partial charge >= 0.3 is 106 Å². The molecule has 0 N–H and O–H groups in total. The molecular weight excluding hydrogens is 275 g/mol. The molecule has 0 bridgehead atoms. The fraction of sp³-hybridized carbons (Fsp3) is 0. The van der Waals surface area contributed by atoms with Crippen molar-refractivity contribution in [2.45, 2.75) is 0 Å². The van der Waals surface area contributed by atoms with E-state index >= 15 is 0 Å². The van der Waals surface area contributed by atoms with Crippen LogP contribution in [0, 0.1) is 0 Å². The summed E-state index contributed by atoms with van der Waals surface area (Å²) >= 11 is 0.211. The Bertz CT molecular complexity index is 548. The van der Waals surface area contributed by atoms with Crippen molar-refractivity contribution >= 4 is 14.5 Å². The predicted molar refractivity (Wildman–Crippen MR) is 69.8 cm³/mol. The molecule has 17 heavy (non-hydrogen) atoms. The predicted octanol–water partition coefficient (Wildman–Crippen LogP) is 2.87. The van der Waals surface area contributed by atoms with Crippen LogP contribution in [-0.4, -0.2) is 24.7 Å². The van der Waals surface area contributed by atoms with E-state index in [0.717, 1.165) is 9.14 Å². The van der Waals surface area contributed by atoms with Crippen LogP contribution in [-0.2, 0) is 0 Å². The molecule has 1 heterocycles. The molecule has 0 fully saturated rings. The van der Waals surface area contributed by atoms with Gasteiger partial charge in [0.25, 0.3) is 0 Å². The fourth-order valence-corrected chi connectivity index (χ4v) is 3.41. The average Bonchev–Trinajstić information content (AvgIpc) is 2.90. The number of hydrogen-bond donors (Lipinski definition) is 0. The molecule has 0 saturated heterocycles. The van der Waals surface area contributed by atoms with E-state index in [9.17, 15) is 0 Å². The van der Waals surface area contributed by atoms with Crippen LogP contribution >= 0.6 is 0 Å². The van der Waals surface area contributed by atoms with Gasteiger partial charge in [-0.3, -0.25) is 0 Å². The van der Waals surface area contributed by atoms with E-state index in [1.165, 1.54) is 11.1 Å². The van der Waals surface area contributed by atoms with E-state index in [4.69, 9.17) is 0 Å². The molecule has 0 aliphatic heterocycles. The molecule has 3 rings (SSSR count). The first-order valence-corrected chi connectivity index (χ1v) is 7.09. The third-order valence-electron chi connectivity index (χ3n) is 2.47. The molecule has 2 aromatic carbocycles. The second-order valence-electron chi connectivity index (χ2n) is 3.64. The number of hydrogen-bond acceptors (Lipinski definition) is 2. The van der Waals surface area contributed by atoms with Crippen molar-refractivity contribution in [2.24, 2.45) is 0 Å². The Kier molecular flexibility index (Phi) is 2.86. The van der Waals surface area contributed by atoms with Crippen LogP contribution in [0.25, 0.3) is 20.3 Å². The Morgan fingerprint density at radius 3 is 1.41 bits per heavy atom. The van der Waals surface area contributed by atoms with Gasteiger partial charge in [-0.25, -0.2) is 0 Å². The molecule has 0 spiro atoms. The third-order valence-corrected chi connectivity index (χ3v) is 4.61. The quantitative estimate of drug-likeness (QED) is 0.677. The number of rotatable bonds is 2. The van der Waals surface area contributed by atoms with Crippen molar-refractivity contribution in [3.8, 4) is 20.3 Å². The molecular formula is C14H10N2Se. The standard InChI is InChI=1S/C14H10N2Se/c1-3-7-11(8-4-1)13-15-16-14(17-13)12-9-5-2-6-10-12/h1-10H. The van der Waals surface area contributed by atoms with Crippen LogP contribution in [0.1, 0.15) is 0 Å². The van der Waals surface area contributed by atoms with Gasteiger partial charge in [-0.05, 0) is 0 Å². The maximum atomic E-state index is 4.30. The summed E-state index contributed by atoms with van der Waals surface area (Å²) in [6.07, 6.45) is 0. The Hall–Kier alpha value is -1.70. The summed E-state index contributed by atoms with van der Waals surface area (Å²) in [5, 5.41) is 8.59. The van der Waals surface area contributed by atoms with Crippen molar-refractivity contribution in [1.82, 2.24) is 10.2 Å². The second kappa shape index (κ2) is 4.66. The first-order chi connectivity index (χ1) is 8.43. The Labute approximate surface area is 106 Å². The van der Waals surface area contributed by atoms with Crippen molar-refractivity contribution in [3.05, 3.63) is 60.7 Å². The summed E-state index contributed by atoms with van der Waals surface area (Å²) < 4.78 is 2.22. The number of benzene rings is 2. The summed E-state index contributed by atoms with van der Waals surface area (Å²) in [7, 11) is 0. The zero-order valence-corrected chi connectivity index (χ0v) is 10.8. The molecule has 0 saturated carbocycles. The third kappa shape index (κ3) is 2.21. The SMILES string of the molecule is c1ccc(-c2nnc(-c3ccccc3)[se]2)cc1. The second-order valence-corrected chi connectivity index (χ2v) is 5.70. The zero-order chi connectivity index (χ0) is 11.5. The molecule has 3 aromatic rings. The summed E-state index contributed by atoms with van der Waals surface area (Å²) in [6, 6.07) is 20.5. The first kappa shape index (κ1) is 10.5. The molecule has 0 aliphatic rings. The monoisotopic (exact) mass is 286 g/mol. The van der Waals surface area contributed by atoms with E-state index in [1.54, 1.807) is 0 Å². The molecule has 2 nitrogen and oxygen atoms in total. The molecule has 82 valence electrons. The van der Waals surface area contributed by atoms with Gasteiger partial charge in [-0.2, -0.15) is 0 Å². The van der Waals surface area contributed by atoms with Gasteiger partial charge in [0.2, 0.25) is 0 Å². The van der Waals surface area contributed by atoms with E-state index in [1.807, 2.05) is 36.4 Å². The van der Waals surface area contributed by atoms with Crippen molar-refractivity contribution in [1.29, 1.82) is 0 Å². The van der Waals surface area contributed by atoms with Crippen LogP contribution < -0.4 is 0 Å². The van der Waals surface area contributed by atoms with Crippen molar-refractivity contribution in [3.63, 3.8) is 0 Å². The molecule has 0 amide bonds. The number of nitrogens with zero attached hydrogens (tertiary/aromatic N) is 2. The van der Waals surface area contributed by atoms with Gasteiger partial charge in [0.05, 0.1) is 0 Å². The number of aromatic nitrogens is 2. The fourth-order valence-electron chi connectivity index (χ4n) is 1.62. The van der Waals surface area contributed by atoms with Crippen LogP contribution in [0.15, 0.2) is 60.7 Å². The van der Waals surface area contributed by atoms with E-state index in [-0.39, 0.29) is 14.5 Å². The minimum atomic E-state index is 0.211. The molecule has 3 heteroatoms. The zero-order valence-electron chi connectivity index (χ0n) is 9.08. The average molecular weight is 285 g/mol. The molecule has 0 aliphatic carbocycles. The van der Waals surface area contributed by atoms with Gasteiger partial charge in [-0.15, -0.1) is 0 Å². The van der Waals surface area contributed by atoms with Gasteiger partial charge in [0.15, 0.2) is 0 Å². The van der Waals surface area contributed by atoms with E-state index < -0.39 is 0 Å². The van der Waals surface area contributed by atoms with Gasteiger partial charge < -0.3 is 0 Å². The molecule has 1 aromatic heterocycles. The van der Waals surface area contributed by atoms with Crippen LogP contribution in [0.2, 0.25) is 0 Å². The summed E-state index contributed by atoms with van der Waals surface area (Å²) in [5.74, 6) is 0. The molecule has 0 atom stereocenters. The van der Waals surface area contributed by atoms with Crippen molar-refractivity contribution in [2.75, 3.05) is 0 Å². The topological polar surface area (TPSA) is 25.8 Å². The maximum absolute atomic E-state index is 4.30. The van der Waals surface area contributed by atoms with Gasteiger partial charge in [0.1, 0.15) is 0 Å². The van der Waals surface area contributed by atoms with Crippen LogP contribution in [0.4, 0.5) is 0 Å². The summed E-state index contributed by atoms with van der Waals surface area (Å²) in [6.45, 7) is 0. The molecule has 0 unspecified atom stereocenters. The normalized spacial score (nSPS) is 10.4. The summed E-state index contributed by atoms with van der Waals surface area (Å²) in [4.78, 5) is 0. The minimum absolute atomic E-state index is 0.211. The van der Waals surface area contributed by atoms with Crippen molar-refractivity contribution < 1.29 is 0 Å².